The summed E-state index contributed by atoms with van der Waals surface area (Å²) in [5, 5.41) is 8.70. The Morgan fingerprint density at radius 3 is 2.61 bits per heavy atom. The summed E-state index contributed by atoms with van der Waals surface area (Å²) in [5.74, 6) is 1.39. The number of hydrogen-bond acceptors (Lipinski definition) is 2. The molecule has 0 amide bonds. The molecule has 1 aromatic rings. The Kier molecular flexibility index (Phi) is 9.45. The first-order valence-corrected chi connectivity index (χ1v) is 7.09. The first-order chi connectivity index (χ1) is 8.13. The van der Waals surface area contributed by atoms with E-state index < -0.39 is 0 Å². The van der Waals surface area contributed by atoms with Crippen LogP contribution in [0.2, 0.25) is 0 Å². The predicted molar refractivity (Wildman–Crippen MR) is 92.4 cm³/mol. The van der Waals surface area contributed by atoms with Crippen molar-refractivity contribution in [2.75, 3.05) is 13.1 Å². The average Bonchev–Trinajstić information content (AvgIpc) is 2.78. The maximum absolute atomic E-state index is 4.61. The number of nitrogens with zero attached hydrogens (tertiary/aromatic N) is 1. The quantitative estimate of drug-likeness (QED) is 0.466. The molecule has 0 spiro atoms. The molecule has 0 fully saturated rings. The lowest BCUT2D eigenvalue weighted by molar-refractivity contribution is 0.692. The van der Waals surface area contributed by atoms with Gasteiger partial charge in [-0.05, 0) is 32.2 Å². The van der Waals surface area contributed by atoms with Crippen molar-refractivity contribution in [3.8, 4) is 0 Å². The smallest absolute Gasteiger partial charge is 0.191 e. The average molecular weight is 381 g/mol. The Hall–Kier alpha value is -0.300. The fourth-order valence-electron chi connectivity index (χ4n) is 1.48. The zero-order valence-corrected chi connectivity index (χ0v) is 14.7. The van der Waals surface area contributed by atoms with E-state index in [1.54, 1.807) is 11.3 Å². The number of aliphatic imine (C=N–C) groups is 1. The fraction of sp³-hybridized carbons (Fsp3) is 0.615. The van der Waals surface area contributed by atoms with Gasteiger partial charge in [0.25, 0.3) is 0 Å². The van der Waals surface area contributed by atoms with E-state index in [-0.39, 0.29) is 24.0 Å². The molecule has 104 valence electrons. The minimum Gasteiger partial charge on any atom is -0.357 e. The highest BCUT2D eigenvalue weighted by atomic mass is 127. The van der Waals surface area contributed by atoms with Crippen molar-refractivity contribution in [1.82, 2.24) is 10.6 Å². The molecule has 1 rings (SSSR count). The summed E-state index contributed by atoms with van der Waals surface area (Å²) in [6.45, 7) is 10.3. The van der Waals surface area contributed by atoms with E-state index in [9.17, 15) is 0 Å². The summed E-state index contributed by atoms with van der Waals surface area (Å²) >= 11 is 1.80. The predicted octanol–water partition coefficient (Wildman–Crippen LogP) is 3.43. The van der Waals surface area contributed by atoms with Crippen molar-refractivity contribution in [2.24, 2.45) is 4.99 Å². The number of guanidine groups is 1. The van der Waals surface area contributed by atoms with Gasteiger partial charge in [-0.3, -0.25) is 4.99 Å². The number of nitrogens with one attached hydrogen (secondary N) is 2. The molecule has 0 aliphatic carbocycles. The SMILES string of the molecule is CCNC(=NCC(C)c1cccs1)NC(C)C.I. The molecule has 2 N–H and O–H groups in total. The molecule has 1 aromatic heterocycles. The van der Waals surface area contributed by atoms with Gasteiger partial charge in [0.05, 0.1) is 6.54 Å². The van der Waals surface area contributed by atoms with Crippen LogP contribution >= 0.6 is 35.3 Å². The van der Waals surface area contributed by atoms with Crippen LogP contribution in [0, 0.1) is 0 Å². The topological polar surface area (TPSA) is 36.4 Å². The van der Waals surface area contributed by atoms with Crippen molar-refractivity contribution in [3.05, 3.63) is 22.4 Å². The molecular weight excluding hydrogens is 357 g/mol. The van der Waals surface area contributed by atoms with Crippen LogP contribution in [0.25, 0.3) is 0 Å². The molecule has 0 aliphatic rings. The number of halogens is 1. The lowest BCUT2D eigenvalue weighted by Gasteiger charge is -2.15. The van der Waals surface area contributed by atoms with E-state index >= 15 is 0 Å². The zero-order valence-electron chi connectivity index (χ0n) is 11.6. The maximum Gasteiger partial charge on any atom is 0.191 e. The van der Waals surface area contributed by atoms with Crippen LogP contribution in [-0.4, -0.2) is 25.1 Å². The van der Waals surface area contributed by atoms with E-state index in [1.165, 1.54) is 4.88 Å². The standard InChI is InChI=1S/C13H23N3S.HI/c1-5-14-13(16-10(2)3)15-9-11(4)12-7-6-8-17-12;/h6-8,10-11H,5,9H2,1-4H3,(H2,14,15,16);1H. The Bertz CT molecular complexity index is 336. The summed E-state index contributed by atoms with van der Waals surface area (Å²) in [7, 11) is 0. The highest BCUT2D eigenvalue weighted by Gasteiger charge is 2.06. The van der Waals surface area contributed by atoms with Gasteiger partial charge in [0.1, 0.15) is 0 Å². The Morgan fingerprint density at radius 2 is 2.11 bits per heavy atom. The third kappa shape index (κ3) is 6.58. The van der Waals surface area contributed by atoms with E-state index in [2.05, 4.69) is 60.8 Å². The first kappa shape index (κ1) is 17.7. The van der Waals surface area contributed by atoms with E-state index in [4.69, 9.17) is 0 Å². The molecule has 0 radical (unpaired) electrons. The molecule has 0 bridgehead atoms. The Labute approximate surface area is 131 Å². The van der Waals surface area contributed by atoms with Crippen molar-refractivity contribution in [1.29, 1.82) is 0 Å². The van der Waals surface area contributed by atoms with Gasteiger partial charge in [-0.1, -0.05) is 13.0 Å². The zero-order chi connectivity index (χ0) is 12.7. The van der Waals surface area contributed by atoms with E-state index in [0.29, 0.717) is 12.0 Å². The molecular formula is C13H24IN3S. The van der Waals surface area contributed by atoms with Crippen LogP contribution < -0.4 is 10.6 Å². The number of hydrogen-bond donors (Lipinski definition) is 2. The molecule has 0 saturated carbocycles. The molecule has 3 nitrogen and oxygen atoms in total. The van der Waals surface area contributed by atoms with Gasteiger partial charge in [0.15, 0.2) is 5.96 Å². The van der Waals surface area contributed by atoms with Crippen LogP contribution in [0.1, 0.15) is 38.5 Å². The molecule has 1 heterocycles. The van der Waals surface area contributed by atoms with Crippen LogP contribution in [0.5, 0.6) is 0 Å². The van der Waals surface area contributed by atoms with Crippen LogP contribution in [0.4, 0.5) is 0 Å². The summed E-state index contributed by atoms with van der Waals surface area (Å²) in [6.07, 6.45) is 0. The van der Waals surface area contributed by atoms with Crippen LogP contribution in [0.3, 0.4) is 0 Å². The summed E-state index contributed by atoms with van der Waals surface area (Å²) < 4.78 is 0. The molecule has 0 aliphatic heterocycles. The van der Waals surface area contributed by atoms with Crippen molar-refractivity contribution in [2.45, 2.75) is 39.7 Å². The highest BCUT2D eigenvalue weighted by molar-refractivity contribution is 14.0. The van der Waals surface area contributed by atoms with Gasteiger partial charge in [-0.2, -0.15) is 0 Å². The Morgan fingerprint density at radius 1 is 1.39 bits per heavy atom. The lowest BCUT2D eigenvalue weighted by atomic mass is 10.1. The van der Waals surface area contributed by atoms with Crippen LogP contribution in [-0.2, 0) is 0 Å². The van der Waals surface area contributed by atoms with Gasteiger partial charge in [0.2, 0.25) is 0 Å². The minimum atomic E-state index is 0. The van der Waals surface area contributed by atoms with Gasteiger partial charge < -0.3 is 10.6 Å². The molecule has 0 aromatic carbocycles. The molecule has 18 heavy (non-hydrogen) atoms. The summed E-state index contributed by atoms with van der Waals surface area (Å²) in [5.41, 5.74) is 0. The van der Waals surface area contributed by atoms with Gasteiger partial charge in [-0.15, -0.1) is 35.3 Å². The normalized spacial score (nSPS) is 13.1. The molecule has 1 atom stereocenters. The van der Waals surface area contributed by atoms with E-state index in [1.807, 2.05) is 0 Å². The number of rotatable bonds is 5. The fourth-order valence-corrected chi connectivity index (χ4v) is 2.26. The second-order valence-electron chi connectivity index (χ2n) is 4.44. The summed E-state index contributed by atoms with van der Waals surface area (Å²) in [6, 6.07) is 4.68. The minimum absolute atomic E-state index is 0. The number of thiophene rings is 1. The van der Waals surface area contributed by atoms with Gasteiger partial charge in [0, 0.05) is 23.4 Å². The van der Waals surface area contributed by atoms with Crippen molar-refractivity contribution in [3.63, 3.8) is 0 Å². The Balaban J connectivity index is 0.00000289. The monoisotopic (exact) mass is 381 g/mol. The first-order valence-electron chi connectivity index (χ1n) is 6.21. The van der Waals surface area contributed by atoms with Gasteiger partial charge >= 0.3 is 0 Å². The van der Waals surface area contributed by atoms with Crippen molar-refractivity contribution < 1.29 is 0 Å². The lowest BCUT2D eigenvalue weighted by Crippen LogP contribution is -2.41. The second kappa shape index (κ2) is 9.61. The molecule has 5 heteroatoms. The van der Waals surface area contributed by atoms with E-state index in [0.717, 1.165) is 19.0 Å². The highest BCUT2D eigenvalue weighted by Crippen LogP contribution is 2.20. The molecule has 0 saturated heterocycles. The van der Waals surface area contributed by atoms with Gasteiger partial charge in [-0.25, -0.2) is 0 Å². The maximum atomic E-state index is 4.61. The summed E-state index contributed by atoms with van der Waals surface area (Å²) in [4.78, 5) is 6.01. The van der Waals surface area contributed by atoms with Crippen molar-refractivity contribution >= 4 is 41.3 Å². The second-order valence-corrected chi connectivity index (χ2v) is 5.41. The molecule has 1 unspecified atom stereocenters. The third-order valence-corrected chi connectivity index (χ3v) is 3.43. The largest absolute Gasteiger partial charge is 0.357 e. The third-order valence-electron chi connectivity index (χ3n) is 2.32. The van der Waals surface area contributed by atoms with Crippen LogP contribution in [0.15, 0.2) is 22.5 Å².